The molecule has 0 amide bonds. The molecule has 0 saturated heterocycles. The maximum absolute atomic E-state index is 9.45. The molecule has 0 radical (unpaired) electrons. The average Bonchev–Trinajstić information content (AvgIpc) is 2.88. The van der Waals surface area contributed by atoms with Crippen LogP contribution in [0.3, 0.4) is 0 Å². The zero-order valence-corrected chi connectivity index (χ0v) is 12.3. The third kappa shape index (κ3) is 3.34. The van der Waals surface area contributed by atoms with Crippen LogP contribution in [0.1, 0.15) is 55.3 Å². The van der Waals surface area contributed by atoms with Crippen LogP contribution in [0, 0.1) is 5.92 Å². The number of hydrogen-bond acceptors (Lipinski definition) is 3. The summed E-state index contributed by atoms with van der Waals surface area (Å²) in [6.07, 6.45) is 6.08. The average molecular weight is 267 g/mol. The molecule has 0 aliphatic heterocycles. The van der Waals surface area contributed by atoms with Crippen molar-refractivity contribution in [1.29, 1.82) is 0 Å². The normalized spacial score (nSPS) is 26.2. The third-order valence-corrected chi connectivity index (χ3v) is 5.48. The van der Waals surface area contributed by atoms with E-state index >= 15 is 0 Å². The van der Waals surface area contributed by atoms with Crippen LogP contribution in [0.25, 0.3) is 0 Å². The summed E-state index contributed by atoms with van der Waals surface area (Å²) in [5, 5.41) is 13.2. The first-order chi connectivity index (χ1) is 8.74. The van der Waals surface area contributed by atoms with Gasteiger partial charge < -0.3 is 10.4 Å². The molecular weight excluding hydrogens is 242 g/mol. The summed E-state index contributed by atoms with van der Waals surface area (Å²) >= 11 is 1.91. The Morgan fingerprint density at radius 2 is 2.17 bits per heavy atom. The van der Waals surface area contributed by atoms with Gasteiger partial charge in [-0.25, -0.2) is 0 Å². The predicted octanol–water partition coefficient (Wildman–Crippen LogP) is 3.51. The lowest BCUT2D eigenvalue weighted by Crippen LogP contribution is -2.41. The second-order valence-corrected chi connectivity index (χ2v) is 6.58. The van der Waals surface area contributed by atoms with Gasteiger partial charge in [0.1, 0.15) is 0 Å². The van der Waals surface area contributed by atoms with E-state index in [9.17, 15) is 5.11 Å². The Bertz CT molecular complexity index is 363. The number of nitrogens with one attached hydrogen (secondary N) is 1. The molecule has 1 aliphatic carbocycles. The van der Waals surface area contributed by atoms with Crippen LogP contribution in [0.15, 0.2) is 12.1 Å². The van der Waals surface area contributed by atoms with E-state index < -0.39 is 0 Å². The molecule has 1 fully saturated rings. The molecule has 18 heavy (non-hydrogen) atoms. The van der Waals surface area contributed by atoms with Gasteiger partial charge in [0.15, 0.2) is 0 Å². The highest BCUT2D eigenvalue weighted by molar-refractivity contribution is 7.12. The Balaban J connectivity index is 1.94. The fourth-order valence-electron chi connectivity index (χ4n) is 2.87. The highest BCUT2D eigenvalue weighted by Crippen LogP contribution is 2.28. The molecule has 1 saturated carbocycles. The van der Waals surface area contributed by atoms with E-state index in [0.717, 1.165) is 6.42 Å². The minimum Gasteiger partial charge on any atom is -0.396 e. The summed E-state index contributed by atoms with van der Waals surface area (Å²) in [7, 11) is 0. The highest BCUT2D eigenvalue weighted by atomic mass is 32.1. The summed E-state index contributed by atoms with van der Waals surface area (Å²) in [5.41, 5.74) is 0. The van der Waals surface area contributed by atoms with Gasteiger partial charge in [0.25, 0.3) is 0 Å². The van der Waals surface area contributed by atoms with Crippen LogP contribution in [0.2, 0.25) is 0 Å². The summed E-state index contributed by atoms with van der Waals surface area (Å²) in [5.74, 6) is 0.451. The monoisotopic (exact) mass is 267 g/mol. The molecule has 2 rings (SSSR count). The van der Waals surface area contributed by atoms with Crippen LogP contribution in [-0.2, 0) is 6.42 Å². The fourth-order valence-corrected chi connectivity index (χ4v) is 3.83. The van der Waals surface area contributed by atoms with Gasteiger partial charge in [-0.15, -0.1) is 11.3 Å². The summed E-state index contributed by atoms with van der Waals surface area (Å²) in [4.78, 5) is 2.88. The highest BCUT2D eigenvalue weighted by Gasteiger charge is 2.25. The quantitative estimate of drug-likeness (QED) is 0.855. The van der Waals surface area contributed by atoms with Gasteiger partial charge >= 0.3 is 0 Å². The Labute approximate surface area is 114 Å². The molecule has 3 unspecified atom stereocenters. The summed E-state index contributed by atoms with van der Waals surface area (Å²) in [6.45, 7) is 4.78. The number of aliphatic hydroxyl groups is 1. The summed E-state index contributed by atoms with van der Waals surface area (Å²) < 4.78 is 0. The van der Waals surface area contributed by atoms with Crippen LogP contribution in [0.4, 0.5) is 0 Å². The first-order valence-corrected chi connectivity index (χ1v) is 8.01. The smallest absolute Gasteiger partial charge is 0.0474 e. The van der Waals surface area contributed by atoms with Gasteiger partial charge in [0.05, 0.1) is 0 Å². The van der Waals surface area contributed by atoms with Gasteiger partial charge in [-0.3, -0.25) is 0 Å². The van der Waals surface area contributed by atoms with Crippen LogP contribution >= 0.6 is 11.3 Å². The SMILES string of the molecule is CCc1ccc(C(C)NC2CCCCC2CO)s1. The van der Waals surface area contributed by atoms with Crippen molar-refractivity contribution in [2.75, 3.05) is 6.61 Å². The number of aliphatic hydroxyl groups excluding tert-OH is 1. The lowest BCUT2D eigenvalue weighted by atomic mass is 9.84. The van der Waals surface area contributed by atoms with Crippen molar-refractivity contribution in [3.05, 3.63) is 21.9 Å². The van der Waals surface area contributed by atoms with Gasteiger partial charge in [0.2, 0.25) is 0 Å². The first-order valence-electron chi connectivity index (χ1n) is 7.20. The van der Waals surface area contributed by atoms with E-state index in [-0.39, 0.29) is 0 Å². The number of thiophene rings is 1. The Hall–Kier alpha value is -0.380. The van der Waals surface area contributed by atoms with Crippen molar-refractivity contribution in [3.8, 4) is 0 Å². The number of hydrogen-bond donors (Lipinski definition) is 2. The second kappa shape index (κ2) is 6.69. The van der Waals surface area contributed by atoms with E-state index in [1.165, 1.54) is 35.4 Å². The first kappa shape index (κ1) is 14.0. The molecule has 3 heteroatoms. The standard InChI is InChI=1S/C15H25NOS/c1-3-13-8-9-15(18-13)11(2)16-14-7-5-4-6-12(14)10-17/h8-9,11-12,14,16-17H,3-7,10H2,1-2H3. The number of aryl methyl sites for hydroxylation is 1. The van der Waals surface area contributed by atoms with Crippen LogP contribution in [-0.4, -0.2) is 17.8 Å². The van der Waals surface area contributed by atoms with Gasteiger partial charge in [-0.05, 0) is 44.2 Å². The van der Waals surface area contributed by atoms with Crippen molar-refractivity contribution in [2.24, 2.45) is 5.92 Å². The molecule has 1 aliphatic rings. The molecule has 0 bridgehead atoms. The van der Waals surface area contributed by atoms with Gasteiger partial charge in [-0.1, -0.05) is 19.8 Å². The molecule has 3 atom stereocenters. The molecule has 2 nitrogen and oxygen atoms in total. The summed E-state index contributed by atoms with van der Waals surface area (Å²) in [6, 6.07) is 5.39. The van der Waals surface area contributed by atoms with Crippen molar-refractivity contribution >= 4 is 11.3 Å². The van der Waals surface area contributed by atoms with Crippen LogP contribution in [0.5, 0.6) is 0 Å². The predicted molar refractivity (Wildman–Crippen MR) is 78.1 cm³/mol. The molecular formula is C15H25NOS. The Morgan fingerprint density at radius 3 is 2.83 bits per heavy atom. The van der Waals surface area contributed by atoms with Gasteiger partial charge in [0, 0.05) is 28.4 Å². The molecule has 102 valence electrons. The zero-order chi connectivity index (χ0) is 13.0. The molecule has 1 aromatic rings. The topological polar surface area (TPSA) is 32.3 Å². The fraction of sp³-hybridized carbons (Fsp3) is 0.733. The molecule has 1 aromatic heterocycles. The molecule has 2 N–H and O–H groups in total. The van der Waals surface area contributed by atoms with Crippen molar-refractivity contribution in [1.82, 2.24) is 5.32 Å². The van der Waals surface area contributed by atoms with Crippen molar-refractivity contribution in [2.45, 2.75) is 58.0 Å². The van der Waals surface area contributed by atoms with E-state index in [0.29, 0.717) is 24.6 Å². The van der Waals surface area contributed by atoms with Crippen molar-refractivity contribution < 1.29 is 5.11 Å². The lowest BCUT2D eigenvalue weighted by molar-refractivity contribution is 0.147. The van der Waals surface area contributed by atoms with E-state index in [1.807, 2.05) is 11.3 Å². The molecule has 0 spiro atoms. The Kier molecular flexibility index (Phi) is 5.22. The third-order valence-electron chi connectivity index (χ3n) is 4.07. The van der Waals surface area contributed by atoms with E-state index in [1.54, 1.807) is 0 Å². The molecule has 1 heterocycles. The van der Waals surface area contributed by atoms with E-state index in [2.05, 4.69) is 31.3 Å². The van der Waals surface area contributed by atoms with Crippen molar-refractivity contribution in [3.63, 3.8) is 0 Å². The van der Waals surface area contributed by atoms with Gasteiger partial charge in [-0.2, -0.15) is 0 Å². The number of rotatable bonds is 5. The maximum Gasteiger partial charge on any atom is 0.0474 e. The zero-order valence-electron chi connectivity index (χ0n) is 11.5. The molecule has 0 aromatic carbocycles. The minimum absolute atomic E-state index is 0.328. The maximum atomic E-state index is 9.45. The Morgan fingerprint density at radius 1 is 1.39 bits per heavy atom. The van der Waals surface area contributed by atoms with E-state index in [4.69, 9.17) is 0 Å². The minimum atomic E-state index is 0.328. The lowest BCUT2D eigenvalue weighted by Gasteiger charge is -2.33. The largest absolute Gasteiger partial charge is 0.396 e. The second-order valence-electron chi connectivity index (χ2n) is 5.38. The van der Waals surface area contributed by atoms with Crippen LogP contribution < -0.4 is 5.32 Å².